The summed E-state index contributed by atoms with van der Waals surface area (Å²) in [4.78, 5) is 7.19. The van der Waals surface area contributed by atoms with Crippen molar-refractivity contribution in [3.63, 3.8) is 0 Å². The average molecular weight is 427 g/mol. The fraction of sp³-hybridized carbons (Fsp3) is 0.435. The standard InChI is InChI=1S/C23H30N4O2S/c1-2-24-23(26-16-20-17-28-21-5-3-4-6-22(21)29-20)25-15-18-7-9-19(10-8-18)27-11-13-30-14-12-27/h3-10,20H,2,11-17H2,1H3,(H2,24,25,26). The molecular formula is C23H30N4O2S. The molecule has 1 saturated heterocycles. The SMILES string of the molecule is CCNC(=NCc1ccc(N2CCSCC2)cc1)NCC1COc2ccccc2O1. The highest BCUT2D eigenvalue weighted by molar-refractivity contribution is 7.99. The number of para-hydroxylation sites is 2. The van der Waals surface area contributed by atoms with Crippen LogP contribution >= 0.6 is 11.8 Å². The molecule has 2 aliphatic rings. The predicted molar refractivity (Wildman–Crippen MR) is 125 cm³/mol. The molecule has 1 fully saturated rings. The Kier molecular flexibility index (Phi) is 7.24. The van der Waals surface area contributed by atoms with Gasteiger partial charge in [0.2, 0.25) is 0 Å². The number of benzene rings is 2. The molecule has 1 unspecified atom stereocenters. The highest BCUT2D eigenvalue weighted by atomic mass is 32.2. The molecule has 2 aromatic rings. The van der Waals surface area contributed by atoms with Crippen molar-refractivity contribution in [3.8, 4) is 11.5 Å². The minimum Gasteiger partial charge on any atom is -0.486 e. The van der Waals surface area contributed by atoms with E-state index >= 15 is 0 Å². The van der Waals surface area contributed by atoms with E-state index in [9.17, 15) is 0 Å². The second-order valence-electron chi connectivity index (χ2n) is 7.34. The van der Waals surface area contributed by atoms with E-state index in [1.165, 1.54) is 22.8 Å². The largest absolute Gasteiger partial charge is 0.486 e. The van der Waals surface area contributed by atoms with Gasteiger partial charge in [-0.05, 0) is 36.8 Å². The van der Waals surface area contributed by atoms with Gasteiger partial charge in [-0.15, -0.1) is 0 Å². The second kappa shape index (κ2) is 10.5. The van der Waals surface area contributed by atoms with Gasteiger partial charge in [-0.2, -0.15) is 11.8 Å². The highest BCUT2D eigenvalue weighted by Gasteiger charge is 2.20. The maximum atomic E-state index is 6.02. The summed E-state index contributed by atoms with van der Waals surface area (Å²) >= 11 is 2.03. The van der Waals surface area contributed by atoms with Crippen molar-refractivity contribution in [3.05, 3.63) is 54.1 Å². The number of aliphatic imine (C=N–C) groups is 1. The van der Waals surface area contributed by atoms with Crippen LogP contribution in [0.5, 0.6) is 11.5 Å². The molecule has 1 atom stereocenters. The molecule has 4 rings (SSSR count). The Labute approximate surface area is 183 Å². The zero-order valence-electron chi connectivity index (χ0n) is 17.5. The van der Waals surface area contributed by atoms with Gasteiger partial charge in [0.05, 0.1) is 13.1 Å². The first kappa shape index (κ1) is 20.7. The fourth-order valence-electron chi connectivity index (χ4n) is 3.52. The molecule has 0 amide bonds. The summed E-state index contributed by atoms with van der Waals surface area (Å²) < 4.78 is 11.8. The van der Waals surface area contributed by atoms with Crippen molar-refractivity contribution in [1.82, 2.24) is 10.6 Å². The van der Waals surface area contributed by atoms with Crippen LogP contribution in [-0.2, 0) is 6.54 Å². The molecule has 6 nitrogen and oxygen atoms in total. The first-order valence-electron chi connectivity index (χ1n) is 10.6. The molecule has 30 heavy (non-hydrogen) atoms. The van der Waals surface area contributed by atoms with Gasteiger partial charge in [0.15, 0.2) is 17.5 Å². The van der Waals surface area contributed by atoms with Crippen molar-refractivity contribution in [2.45, 2.75) is 19.6 Å². The number of nitrogens with one attached hydrogen (secondary N) is 2. The van der Waals surface area contributed by atoms with Gasteiger partial charge < -0.3 is 25.0 Å². The average Bonchev–Trinajstić information content (AvgIpc) is 2.81. The predicted octanol–water partition coefficient (Wildman–Crippen LogP) is 3.13. The first-order chi connectivity index (χ1) is 14.8. The summed E-state index contributed by atoms with van der Waals surface area (Å²) in [5.41, 5.74) is 2.51. The zero-order valence-corrected chi connectivity index (χ0v) is 18.3. The van der Waals surface area contributed by atoms with Crippen molar-refractivity contribution in [1.29, 1.82) is 0 Å². The van der Waals surface area contributed by atoms with E-state index in [4.69, 9.17) is 14.5 Å². The normalized spacial score (nSPS) is 18.8. The topological polar surface area (TPSA) is 58.1 Å². The van der Waals surface area contributed by atoms with Gasteiger partial charge in [-0.3, -0.25) is 0 Å². The lowest BCUT2D eigenvalue weighted by Crippen LogP contribution is -2.45. The Morgan fingerprint density at radius 1 is 1.07 bits per heavy atom. The van der Waals surface area contributed by atoms with E-state index in [0.29, 0.717) is 19.7 Å². The quantitative estimate of drug-likeness (QED) is 0.547. The van der Waals surface area contributed by atoms with Crippen LogP contribution in [0.25, 0.3) is 0 Å². The number of anilines is 1. The molecular weight excluding hydrogens is 396 g/mol. The molecule has 2 heterocycles. The number of guanidine groups is 1. The van der Waals surface area contributed by atoms with Crippen LogP contribution in [0, 0.1) is 0 Å². The lowest BCUT2D eigenvalue weighted by molar-refractivity contribution is 0.0936. The summed E-state index contributed by atoms with van der Waals surface area (Å²) in [6, 6.07) is 16.6. The van der Waals surface area contributed by atoms with Gasteiger partial charge >= 0.3 is 0 Å². The van der Waals surface area contributed by atoms with E-state index in [1.54, 1.807) is 0 Å². The summed E-state index contributed by atoms with van der Waals surface area (Å²) in [5.74, 6) is 4.82. The third kappa shape index (κ3) is 5.53. The minimum absolute atomic E-state index is 0.0502. The molecule has 2 N–H and O–H groups in total. The number of fused-ring (bicyclic) bond motifs is 1. The number of hydrogen-bond acceptors (Lipinski definition) is 5. The van der Waals surface area contributed by atoms with Crippen LogP contribution in [0.4, 0.5) is 5.69 Å². The van der Waals surface area contributed by atoms with Gasteiger partial charge in [0.25, 0.3) is 0 Å². The van der Waals surface area contributed by atoms with Crippen molar-refractivity contribution >= 4 is 23.4 Å². The molecule has 0 radical (unpaired) electrons. The van der Waals surface area contributed by atoms with Crippen molar-refractivity contribution in [2.24, 2.45) is 4.99 Å². The number of thioether (sulfide) groups is 1. The highest BCUT2D eigenvalue weighted by Crippen LogP contribution is 2.30. The lowest BCUT2D eigenvalue weighted by Gasteiger charge is -2.28. The lowest BCUT2D eigenvalue weighted by atomic mass is 10.2. The van der Waals surface area contributed by atoms with E-state index < -0.39 is 0 Å². The summed E-state index contributed by atoms with van der Waals surface area (Å²) in [6.45, 7) is 6.94. The smallest absolute Gasteiger partial charge is 0.191 e. The first-order valence-corrected chi connectivity index (χ1v) is 11.8. The van der Waals surface area contributed by atoms with E-state index in [0.717, 1.165) is 37.1 Å². The third-order valence-electron chi connectivity index (χ3n) is 5.14. The zero-order chi connectivity index (χ0) is 20.6. The third-order valence-corrected chi connectivity index (χ3v) is 6.08. The molecule has 0 saturated carbocycles. The second-order valence-corrected chi connectivity index (χ2v) is 8.56. The maximum absolute atomic E-state index is 6.02. The van der Waals surface area contributed by atoms with Crippen LogP contribution in [-0.4, -0.2) is 56.4 Å². The van der Waals surface area contributed by atoms with E-state index in [1.807, 2.05) is 36.0 Å². The Morgan fingerprint density at radius 3 is 2.60 bits per heavy atom. The molecule has 0 bridgehead atoms. The number of rotatable bonds is 6. The van der Waals surface area contributed by atoms with Crippen molar-refractivity contribution in [2.75, 3.05) is 49.2 Å². The number of hydrogen-bond donors (Lipinski definition) is 2. The fourth-order valence-corrected chi connectivity index (χ4v) is 4.42. The van der Waals surface area contributed by atoms with Gasteiger partial charge in [0.1, 0.15) is 12.7 Å². The molecule has 2 aromatic carbocycles. The van der Waals surface area contributed by atoms with Gasteiger partial charge in [0, 0.05) is 36.8 Å². The summed E-state index contributed by atoms with van der Waals surface area (Å²) in [6.07, 6.45) is -0.0502. The Bertz CT molecular complexity index is 837. The summed E-state index contributed by atoms with van der Waals surface area (Å²) in [5, 5.41) is 6.68. The van der Waals surface area contributed by atoms with Gasteiger partial charge in [-0.25, -0.2) is 4.99 Å². The Hall–Kier alpha value is -2.54. The minimum atomic E-state index is -0.0502. The number of ether oxygens (including phenoxy) is 2. The van der Waals surface area contributed by atoms with Crippen LogP contribution < -0.4 is 25.0 Å². The Balaban J connectivity index is 1.30. The molecule has 0 aliphatic carbocycles. The van der Waals surface area contributed by atoms with Crippen LogP contribution in [0.1, 0.15) is 12.5 Å². The van der Waals surface area contributed by atoms with Crippen LogP contribution in [0.3, 0.4) is 0 Å². The van der Waals surface area contributed by atoms with Crippen LogP contribution in [0.15, 0.2) is 53.5 Å². The summed E-state index contributed by atoms with van der Waals surface area (Å²) in [7, 11) is 0. The molecule has 160 valence electrons. The molecule has 0 spiro atoms. The van der Waals surface area contributed by atoms with Crippen LogP contribution in [0.2, 0.25) is 0 Å². The maximum Gasteiger partial charge on any atom is 0.191 e. The van der Waals surface area contributed by atoms with E-state index in [2.05, 4.69) is 46.7 Å². The van der Waals surface area contributed by atoms with E-state index in [-0.39, 0.29) is 6.10 Å². The molecule has 2 aliphatic heterocycles. The molecule has 0 aromatic heterocycles. The Morgan fingerprint density at radius 2 is 1.83 bits per heavy atom. The molecule has 7 heteroatoms. The number of nitrogens with zero attached hydrogens (tertiary/aromatic N) is 2. The van der Waals surface area contributed by atoms with Gasteiger partial charge in [-0.1, -0.05) is 24.3 Å². The monoisotopic (exact) mass is 426 g/mol. The van der Waals surface area contributed by atoms with Crippen molar-refractivity contribution < 1.29 is 9.47 Å².